The van der Waals surface area contributed by atoms with Crippen molar-refractivity contribution in [3.05, 3.63) is 0 Å². The summed E-state index contributed by atoms with van der Waals surface area (Å²) >= 11 is 0. The van der Waals surface area contributed by atoms with E-state index >= 15 is 0 Å². The SMILES string of the molecule is CC(C)C(C)(C)CNC(=O)N[C@H]1CC[C@@H](C(=O)O)C1. The van der Waals surface area contributed by atoms with Crippen LogP contribution in [0.5, 0.6) is 0 Å². The topological polar surface area (TPSA) is 78.4 Å². The second kappa shape index (κ2) is 6.26. The highest BCUT2D eigenvalue weighted by Gasteiger charge is 2.31. The Morgan fingerprint density at radius 1 is 1.32 bits per heavy atom. The predicted molar refractivity (Wildman–Crippen MR) is 73.9 cm³/mol. The van der Waals surface area contributed by atoms with Crippen LogP contribution in [0, 0.1) is 17.3 Å². The van der Waals surface area contributed by atoms with Crippen molar-refractivity contribution in [3.8, 4) is 0 Å². The number of urea groups is 1. The van der Waals surface area contributed by atoms with Crippen molar-refractivity contribution in [2.45, 2.75) is 53.0 Å². The zero-order chi connectivity index (χ0) is 14.6. The van der Waals surface area contributed by atoms with Gasteiger partial charge in [-0.1, -0.05) is 27.7 Å². The molecule has 1 fully saturated rings. The van der Waals surface area contributed by atoms with Gasteiger partial charge in [0.25, 0.3) is 0 Å². The van der Waals surface area contributed by atoms with E-state index in [0.717, 1.165) is 6.42 Å². The maximum absolute atomic E-state index is 11.8. The second-order valence-corrected chi connectivity index (χ2v) is 6.52. The average molecular weight is 270 g/mol. The van der Waals surface area contributed by atoms with Gasteiger partial charge in [0.05, 0.1) is 5.92 Å². The van der Waals surface area contributed by atoms with Crippen LogP contribution in [-0.2, 0) is 4.79 Å². The third-order valence-electron chi connectivity index (χ3n) is 4.38. The van der Waals surface area contributed by atoms with Crippen LogP contribution in [0.15, 0.2) is 0 Å². The van der Waals surface area contributed by atoms with E-state index in [1.54, 1.807) is 0 Å². The molecule has 2 amide bonds. The lowest BCUT2D eigenvalue weighted by molar-refractivity contribution is -0.141. The van der Waals surface area contributed by atoms with E-state index in [9.17, 15) is 9.59 Å². The number of carbonyl (C=O) groups is 2. The summed E-state index contributed by atoms with van der Waals surface area (Å²) in [7, 11) is 0. The molecule has 0 radical (unpaired) electrons. The van der Waals surface area contributed by atoms with E-state index in [1.807, 2.05) is 0 Å². The molecule has 1 rings (SSSR count). The molecule has 0 aromatic rings. The fourth-order valence-corrected chi connectivity index (χ4v) is 2.09. The monoisotopic (exact) mass is 270 g/mol. The Labute approximate surface area is 115 Å². The van der Waals surface area contributed by atoms with Gasteiger partial charge in [-0.05, 0) is 30.6 Å². The highest BCUT2D eigenvalue weighted by Crippen LogP contribution is 2.26. The van der Waals surface area contributed by atoms with Crippen LogP contribution in [0.25, 0.3) is 0 Å². The maximum atomic E-state index is 11.8. The Balaban J connectivity index is 2.31. The van der Waals surface area contributed by atoms with Crippen LogP contribution in [0.2, 0.25) is 0 Å². The van der Waals surface area contributed by atoms with Gasteiger partial charge >= 0.3 is 12.0 Å². The average Bonchev–Trinajstić information content (AvgIpc) is 2.75. The Morgan fingerprint density at radius 2 is 1.95 bits per heavy atom. The Bertz CT molecular complexity index is 340. The zero-order valence-corrected chi connectivity index (χ0v) is 12.3. The number of aliphatic carboxylic acids is 1. The van der Waals surface area contributed by atoms with Crippen molar-refractivity contribution in [2.75, 3.05) is 6.54 Å². The van der Waals surface area contributed by atoms with Crippen LogP contribution in [0.3, 0.4) is 0 Å². The standard InChI is InChI=1S/C14H26N2O3/c1-9(2)14(3,4)8-15-13(19)16-11-6-5-10(7-11)12(17)18/h9-11H,5-8H2,1-4H3,(H,17,18)(H2,15,16,19)/t10-,11+/m1/s1. The number of rotatable bonds is 5. The number of hydrogen-bond acceptors (Lipinski definition) is 2. The molecular formula is C14H26N2O3. The molecule has 1 saturated carbocycles. The van der Waals surface area contributed by atoms with Crippen molar-refractivity contribution < 1.29 is 14.7 Å². The molecule has 0 saturated heterocycles. The van der Waals surface area contributed by atoms with Gasteiger partial charge in [0.2, 0.25) is 0 Å². The molecule has 0 bridgehead atoms. The molecule has 19 heavy (non-hydrogen) atoms. The summed E-state index contributed by atoms with van der Waals surface area (Å²) in [4.78, 5) is 22.6. The van der Waals surface area contributed by atoms with Gasteiger partial charge in [-0.25, -0.2) is 4.79 Å². The molecular weight excluding hydrogens is 244 g/mol. The van der Waals surface area contributed by atoms with Gasteiger partial charge in [-0.3, -0.25) is 4.79 Å². The summed E-state index contributed by atoms with van der Waals surface area (Å²) < 4.78 is 0. The lowest BCUT2D eigenvalue weighted by Gasteiger charge is -2.29. The van der Waals surface area contributed by atoms with Gasteiger partial charge in [-0.15, -0.1) is 0 Å². The van der Waals surface area contributed by atoms with E-state index in [2.05, 4.69) is 38.3 Å². The number of carboxylic acids is 1. The van der Waals surface area contributed by atoms with E-state index < -0.39 is 5.97 Å². The Hall–Kier alpha value is -1.26. The van der Waals surface area contributed by atoms with E-state index in [-0.39, 0.29) is 23.4 Å². The first-order valence-corrected chi connectivity index (χ1v) is 6.99. The largest absolute Gasteiger partial charge is 0.481 e. The minimum Gasteiger partial charge on any atom is -0.481 e. The van der Waals surface area contributed by atoms with Crippen LogP contribution < -0.4 is 10.6 Å². The fourth-order valence-electron chi connectivity index (χ4n) is 2.09. The lowest BCUT2D eigenvalue weighted by atomic mass is 9.81. The van der Waals surface area contributed by atoms with Crippen LogP contribution in [0.4, 0.5) is 4.79 Å². The summed E-state index contributed by atoms with van der Waals surface area (Å²) in [6, 6.07) is -0.201. The number of nitrogens with one attached hydrogen (secondary N) is 2. The van der Waals surface area contributed by atoms with Crippen molar-refractivity contribution in [3.63, 3.8) is 0 Å². The van der Waals surface area contributed by atoms with Crippen molar-refractivity contribution in [2.24, 2.45) is 17.3 Å². The molecule has 5 nitrogen and oxygen atoms in total. The first-order chi connectivity index (χ1) is 8.72. The Kier molecular flexibility index (Phi) is 5.20. The smallest absolute Gasteiger partial charge is 0.315 e. The molecule has 0 heterocycles. The molecule has 0 aliphatic heterocycles. The Morgan fingerprint density at radius 3 is 2.42 bits per heavy atom. The molecule has 1 aliphatic rings. The van der Waals surface area contributed by atoms with Crippen molar-refractivity contribution in [1.29, 1.82) is 0 Å². The second-order valence-electron chi connectivity index (χ2n) is 6.52. The van der Waals surface area contributed by atoms with Crippen molar-refractivity contribution >= 4 is 12.0 Å². The van der Waals surface area contributed by atoms with Gasteiger partial charge in [-0.2, -0.15) is 0 Å². The van der Waals surface area contributed by atoms with Gasteiger partial charge < -0.3 is 15.7 Å². The molecule has 0 spiro atoms. The molecule has 0 unspecified atom stereocenters. The van der Waals surface area contributed by atoms with Gasteiger partial charge in [0, 0.05) is 12.6 Å². The van der Waals surface area contributed by atoms with Gasteiger partial charge in [0.1, 0.15) is 0 Å². The molecule has 0 aromatic heterocycles. The van der Waals surface area contributed by atoms with Gasteiger partial charge in [0.15, 0.2) is 0 Å². The molecule has 110 valence electrons. The van der Waals surface area contributed by atoms with Crippen LogP contribution >= 0.6 is 0 Å². The molecule has 5 heteroatoms. The molecule has 2 atom stereocenters. The summed E-state index contributed by atoms with van der Waals surface area (Å²) in [5.41, 5.74) is 0.0522. The summed E-state index contributed by atoms with van der Waals surface area (Å²) in [6.07, 6.45) is 1.94. The fraction of sp³-hybridized carbons (Fsp3) is 0.857. The number of carboxylic acid groups (broad SMARTS) is 1. The van der Waals surface area contributed by atoms with E-state index in [0.29, 0.717) is 25.3 Å². The van der Waals surface area contributed by atoms with Crippen molar-refractivity contribution in [1.82, 2.24) is 10.6 Å². The minimum absolute atomic E-state index is 0.0109. The first kappa shape index (κ1) is 15.8. The summed E-state index contributed by atoms with van der Waals surface area (Å²) in [5.74, 6) is -0.585. The molecule has 0 aromatic carbocycles. The predicted octanol–water partition coefficient (Wildman–Crippen LogP) is 2.22. The van der Waals surface area contributed by atoms with Crippen LogP contribution in [-0.4, -0.2) is 29.7 Å². The zero-order valence-electron chi connectivity index (χ0n) is 12.3. The number of hydrogen-bond donors (Lipinski definition) is 3. The number of amides is 2. The third-order valence-corrected chi connectivity index (χ3v) is 4.38. The molecule has 3 N–H and O–H groups in total. The van der Waals surface area contributed by atoms with E-state index in [1.165, 1.54) is 0 Å². The highest BCUT2D eigenvalue weighted by molar-refractivity contribution is 5.75. The maximum Gasteiger partial charge on any atom is 0.315 e. The minimum atomic E-state index is -0.759. The first-order valence-electron chi connectivity index (χ1n) is 6.99. The van der Waals surface area contributed by atoms with Crippen LogP contribution in [0.1, 0.15) is 47.0 Å². The lowest BCUT2D eigenvalue weighted by Crippen LogP contribution is -2.45. The third kappa shape index (κ3) is 4.73. The number of carbonyl (C=O) groups excluding carboxylic acids is 1. The highest BCUT2D eigenvalue weighted by atomic mass is 16.4. The normalized spacial score (nSPS) is 23.4. The quantitative estimate of drug-likeness (QED) is 0.716. The summed E-state index contributed by atoms with van der Waals surface area (Å²) in [6.45, 7) is 9.12. The summed E-state index contributed by atoms with van der Waals surface area (Å²) in [5, 5.41) is 14.6. The molecule has 1 aliphatic carbocycles. The van der Waals surface area contributed by atoms with E-state index in [4.69, 9.17) is 5.11 Å².